The maximum absolute atomic E-state index is 10.9. The summed E-state index contributed by atoms with van der Waals surface area (Å²) in [6, 6.07) is 9.83. The van der Waals surface area contributed by atoms with Crippen molar-refractivity contribution in [1.82, 2.24) is 0 Å². The van der Waals surface area contributed by atoms with Crippen molar-refractivity contribution in [3.8, 4) is 11.5 Å². The number of rotatable bonds is 5. The first kappa shape index (κ1) is 23.1. The summed E-state index contributed by atoms with van der Waals surface area (Å²) in [6.45, 7) is 2.39. The zero-order valence-corrected chi connectivity index (χ0v) is 19.8. The molecule has 9 heteroatoms. The second-order valence-corrected chi connectivity index (χ2v) is 9.97. The molecule has 3 aliphatic carbocycles. The smallest absolute Gasteiger partial charge is 0.269 e. The summed E-state index contributed by atoms with van der Waals surface area (Å²) in [6.07, 6.45) is 4.37. The number of aromatic hydroxyl groups is 1. The first-order chi connectivity index (χ1) is 16.9. The lowest BCUT2D eigenvalue weighted by Gasteiger charge is -2.48. The normalized spacial score (nSPS) is 29.4. The molecule has 2 aromatic carbocycles. The predicted molar refractivity (Wildman–Crippen MR) is 129 cm³/mol. The molecule has 35 heavy (non-hydrogen) atoms. The Kier molecular flexibility index (Phi) is 5.86. The summed E-state index contributed by atoms with van der Waals surface area (Å²) in [4.78, 5) is 16.2. The van der Waals surface area contributed by atoms with Gasteiger partial charge in [-0.15, -0.1) is 0 Å². The second kappa shape index (κ2) is 8.87. The zero-order chi connectivity index (χ0) is 24.7. The number of hydrogen-bond donors (Lipinski definition) is 2. The second-order valence-electron chi connectivity index (χ2n) is 9.97. The number of benzene rings is 2. The third-order valence-corrected chi connectivity index (χ3v) is 8.34. The van der Waals surface area contributed by atoms with Crippen molar-refractivity contribution in [2.24, 2.45) is 27.6 Å². The number of nitro benzene ring substituents is 1. The fourth-order valence-corrected chi connectivity index (χ4v) is 6.53. The van der Waals surface area contributed by atoms with Crippen LogP contribution in [0.1, 0.15) is 61.6 Å². The number of fused-ring (bicyclic) bond motifs is 5. The number of phenols is 1. The summed E-state index contributed by atoms with van der Waals surface area (Å²) < 4.78 is 5.41. The van der Waals surface area contributed by atoms with E-state index in [4.69, 9.17) is 9.57 Å². The van der Waals surface area contributed by atoms with Crippen molar-refractivity contribution in [3.05, 3.63) is 63.2 Å². The Morgan fingerprint density at radius 2 is 2.00 bits per heavy atom. The third-order valence-electron chi connectivity index (χ3n) is 8.34. The van der Waals surface area contributed by atoms with Crippen LogP contribution in [0.3, 0.4) is 0 Å². The van der Waals surface area contributed by atoms with E-state index in [1.807, 2.05) is 6.07 Å². The topological polar surface area (TPSA) is 127 Å². The van der Waals surface area contributed by atoms with E-state index in [1.165, 1.54) is 12.1 Å². The van der Waals surface area contributed by atoms with Crippen molar-refractivity contribution >= 4 is 17.1 Å². The molecule has 0 aliphatic heterocycles. The molecule has 3 aliphatic rings. The van der Waals surface area contributed by atoms with Crippen LogP contribution >= 0.6 is 0 Å². The molecule has 2 fully saturated rings. The highest BCUT2D eigenvalue weighted by Gasteiger charge is 2.54. The van der Waals surface area contributed by atoms with Gasteiger partial charge in [0.2, 0.25) is 0 Å². The van der Waals surface area contributed by atoms with Crippen molar-refractivity contribution < 1.29 is 24.8 Å². The van der Waals surface area contributed by atoms with Crippen LogP contribution in [0, 0.1) is 27.4 Å². The Morgan fingerprint density at radius 1 is 1.23 bits per heavy atom. The molecule has 2 N–H and O–H groups in total. The van der Waals surface area contributed by atoms with Gasteiger partial charge in [0.1, 0.15) is 6.61 Å². The maximum Gasteiger partial charge on any atom is 0.269 e. The van der Waals surface area contributed by atoms with Crippen LogP contribution in [-0.4, -0.2) is 33.8 Å². The lowest BCUT2D eigenvalue weighted by atomic mass is 9.55. The van der Waals surface area contributed by atoms with E-state index in [0.717, 1.165) is 53.8 Å². The third kappa shape index (κ3) is 3.88. The van der Waals surface area contributed by atoms with E-state index in [2.05, 4.69) is 17.2 Å². The fraction of sp³-hybridized carbons (Fsp3) is 0.462. The molecule has 2 saturated carbocycles. The van der Waals surface area contributed by atoms with Gasteiger partial charge in [0.15, 0.2) is 11.5 Å². The molecule has 9 nitrogen and oxygen atoms in total. The summed E-state index contributed by atoms with van der Waals surface area (Å²) >= 11 is 0. The van der Waals surface area contributed by atoms with Crippen LogP contribution in [0.25, 0.3) is 0 Å². The molecular weight excluding hydrogens is 450 g/mol. The molecule has 0 heterocycles. The van der Waals surface area contributed by atoms with Gasteiger partial charge in [0.25, 0.3) is 5.69 Å². The van der Waals surface area contributed by atoms with Gasteiger partial charge in [-0.25, -0.2) is 0 Å². The molecule has 0 unspecified atom stereocenters. The van der Waals surface area contributed by atoms with Crippen molar-refractivity contribution in [3.63, 3.8) is 0 Å². The van der Waals surface area contributed by atoms with Gasteiger partial charge < -0.3 is 19.9 Å². The first-order valence-corrected chi connectivity index (χ1v) is 11.9. The van der Waals surface area contributed by atoms with Gasteiger partial charge in [-0.2, -0.15) is 0 Å². The minimum Gasteiger partial charge on any atom is -0.504 e. The number of methoxy groups -OCH3 is 1. The highest BCUT2D eigenvalue weighted by molar-refractivity contribution is 6.04. The minimum absolute atomic E-state index is 0.0273. The highest BCUT2D eigenvalue weighted by atomic mass is 16.6. The standard InChI is InChI=1S/C26H29N3O6/c1-26-10-9-17-18-13-24(34-2)23(30)12-20(18)22(11-19(17)21(26)7-8-25(26)27-31)28-35-14-15-3-5-16(6-4-15)29(32)33/h3-6,12-13,17,19,21,30-31H,7-11,14H2,1-2H3/t17-,19-,21+,26+/m1/s1. The Morgan fingerprint density at radius 3 is 2.69 bits per heavy atom. The van der Waals surface area contributed by atoms with E-state index in [1.54, 1.807) is 25.3 Å². The van der Waals surface area contributed by atoms with Crippen LogP contribution in [0.15, 0.2) is 46.7 Å². The van der Waals surface area contributed by atoms with E-state index < -0.39 is 4.92 Å². The predicted octanol–water partition coefficient (Wildman–Crippen LogP) is 5.37. The summed E-state index contributed by atoms with van der Waals surface area (Å²) in [5, 5.41) is 39.1. The lowest BCUT2D eigenvalue weighted by molar-refractivity contribution is -0.384. The Labute approximate surface area is 203 Å². The molecule has 0 saturated heterocycles. The fourth-order valence-electron chi connectivity index (χ4n) is 6.53. The lowest BCUT2D eigenvalue weighted by Crippen LogP contribution is -2.43. The number of nitro groups is 1. The Balaban J connectivity index is 1.47. The monoisotopic (exact) mass is 479 g/mol. The molecule has 0 radical (unpaired) electrons. The molecular formula is C26H29N3O6. The molecule has 0 amide bonds. The summed E-state index contributed by atoms with van der Waals surface area (Å²) in [5.74, 6) is 1.46. The Bertz CT molecular complexity index is 1210. The van der Waals surface area contributed by atoms with Crippen molar-refractivity contribution in [1.29, 1.82) is 0 Å². The zero-order valence-electron chi connectivity index (χ0n) is 19.8. The number of hydrogen-bond acceptors (Lipinski definition) is 8. The van der Waals surface area contributed by atoms with E-state index in [9.17, 15) is 20.4 Å². The number of oxime groups is 2. The molecule has 0 bridgehead atoms. The highest BCUT2D eigenvalue weighted by Crippen LogP contribution is 2.60. The maximum atomic E-state index is 10.9. The van der Waals surface area contributed by atoms with Gasteiger partial charge in [0.05, 0.1) is 23.5 Å². The molecule has 184 valence electrons. The van der Waals surface area contributed by atoms with E-state index in [0.29, 0.717) is 29.9 Å². The number of nitrogens with zero attached hydrogens (tertiary/aromatic N) is 3. The van der Waals surface area contributed by atoms with Crippen LogP contribution in [0.5, 0.6) is 11.5 Å². The molecule has 4 atom stereocenters. The molecule has 5 rings (SSSR count). The van der Waals surface area contributed by atoms with Crippen LogP contribution < -0.4 is 4.74 Å². The minimum atomic E-state index is -0.436. The number of phenolic OH excluding ortho intramolecular Hbond substituents is 1. The van der Waals surface area contributed by atoms with E-state index in [-0.39, 0.29) is 23.5 Å². The SMILES string of the molecule is COc1cc2c(cc1O)C(=NOCc1ccc([N+](=O)[O-])cc1)C[C@@H]1[C@@H]2CC[C@]2(C)C(=NO)CC[C@@H]12. The van der Waals surface area contributed by atoms with Crippen LogP contribution in [0.2, 0.25) is 0 Å². The van der Waals surface area contributed by atoms with Gasteiger partial charge >= 0.3 is 0 Å². The largest absolute Gasteiger partial charge is 0.504 e. The van der Waals surface area contributed by atoms with Gasteiger partial charge in [-0.3, -0.25) is 10.1 Å². The summed E-state index contributed by atoms with van der Waals surface area (Å²) in [7, 11) is 1.54. The average Bonchev–Trinajstić information content (AvgIpc) is 3.20. The molecule has 2 aromatic rings. The number of non-ortho nitro benzene ring substituents is 1. The summed E-state index contributed by atoms with van der Waals surface area (Å²) in [5.41, 5.74) is 4.30. The molecule has 0 aromatic heterocycles. The van der Waals surface area contributed by atoms with E-state index >= 15 is 0 Å². The number of ether oxygens (including phenoxy) is 1. The van der Waals surface area contributed by atoms with Crippen molar-refractivity contribution in [2.75, 3.05) is 7.11 Å². The van der Waals surface area contributed by atoms with Crippen molar-refractivity contribution in [2.45, 2.75) is 51.6 Å². The van der Waals surface area contributed by atoms with Gasteiger partial charge in [0, 0.05) is 23.1 Å². The van der Waals surface area contributed by atoms with Crippen LogP contribution in [-0.2, 0) is 11.4 Å². The average molecular weight is 480 g/mol. The van der Waals surface area contributed by atoms with Gasteiger partial charge in [-0.1, -0.05) is 17.2 Å². The first-order valence-electron chi connectivity index (χ1n) is 11.9. The van der Waals surface area contributed by atoms with Crippen LogP contribution in [0.4, 0.5) is 5.69 Å². The molecule has 0 spiro atoms. The quantitative estimate of drug-likeness (QED) is 0.337. The van der Waals surface area contributed by atoms with Gasteiger partial charge in [-0.05, 0) is 85.3 Å². The Hall–Kier alpha value is -3.62.